The van der Waals surface area contributed by atoms with E-state index in [4.69, 9.17) is 0 Å². The highest BCUT2D eigenvalue weighted by atomic mass is 32.1. The number of aromatic amines is 1. The summed E-state index contributed by atoms with van der Waals surface area (Å²) < 4.78 is 0. The highest BCUT2D eigenvalue weighted by Gasteiger charge is 2.46. The van der Waals surface area contributed by atoms with Gasteiger partial charge in [-0.25, -0.2) is 4.79 Å². The average Bonchev–Trinajstić information content (AvgIpc) is 3.82. The maximum atomic E-state index is 13.4. The third-order valence-corrected chi connectivity index (χ3v) is 12.1. The van der Waals surface area contributed by atoms with Gasteiger partial charge in [-0.1, -0.05) is 37.8 Å². The van der Waals surface area contributed by atoms with E-state index in [2.05, 4.69) is 25.9 Å². The molecule has 1 saturated heterocycles. The largest absolute Gasteiger partial charge is 0.480 e. The van der Waals surface area contributed by atoms with Gasteiger partial charge in [0.25, 0.3) is 23.3 Å². The molecule has 4 aromatic rings. The number of nitrogens with zero attached hydrogens (tertiary/aromatic N) is 4. The van der Waals surface area contributed by atoms with Gasteiger partial charge >= 0.3 is 5.97 Å². The Morgan fingerprint density at radius 3 is 2.46 bits per heavy atom. The zero-order valence-corrected chi connectivity index (χ0v) is 35.2. The number of carboxylic acids is 1. The second-order valence-electron chi connectivity index (χ2n) is 15.4. The van der Waals surface area contributed by atoms with E-state index >= 15 is 0 Å². The first-order chi connectivity index (χ1) is 29.2. The van der Waals surface area contributed by atoms with Crippen LogP contribution < -0.4 is 31.3 Å². The Kier molecular flexibility index (Phi) is 14.3. The molecular formula is C43H50N8O9S. The number of H-pyrrole nitrogens is 1. The molecule has 5 N–H and O–H groups in total. The fourth-order valence-electron chi connectivity index (χ4n) is 7.61. The van der Waals surface area contributed by atoms with E-state index in [1.165, 1.54) is 11.3 Å². The van der Waals surface area contributed by atoms with Gasteiger partial charge in [-0.3, -0.25) is 43.8 Å². The topological polar surface area (TPSA) is 231 Å². The number of piperidine rings is 1. The fourth-order valence-corrected chi connectivity index (χ4v) is 8.48. The Bertz CT molecular complexity index is 2410. The summed E-state index contributed by atoms with van der Waals surface area (Å²) in [7, 11) is 3.71. The number of unbranched alkanes of at least 4 members (excludes halogenated alkanes) is 5. The standard InChI is InChI=1S/C43H50N8O9S/c1-25-45-29-14-13-26(23-28(29)38(54)46-25)24-50(3)36-20-17-33(61-36)40(56)47-30(43(59)60)15-18-34(52)44-21-8-6-4-5-7-9-22-49(2)31-12-10-11-27-37(31)42(58)51(41(27)57)32-16-19-35(53)48-39(32)55/h10-14,17,20,23,30,32H,4-9,15-16,18-19,21-22,24H2,1-3H3,(H,44,52)(H,47,56)(H,59,60)(H,45,46,54)(H,48,53,55)/t30-,32?/m0/s1. The Labute approximate surface area is 355 Å². The number of nitrogens with one attached hydrogen (secondary N) is 4. The lowest BCUT2D eigenvalue weighted by Gasteiger charge is -2.28. The van der Waals surface area contributed by atoms with Crippen molar-refractivity contribution in [2.24, 2.45) is 0 Å². The van der Waals surface area contributed by atoms with Gasteiger partial charge in [-0.05, 0) is 74.6 Å². The van der Waals surface area contributed by atoms with E-state index in [-0.39, 0.29) is 48.3 Å². The summed E-state index contributed by atoms with van der Waals surface area (Å²) in [6.07, 6.45) is 5.35. The van der Waals surface area contributed by atoms with Gasteiger partial charge < -0.3 is 30.5 Å². The maximum absolute atomic E-state index is 13.4. The minimum Gasteiger partial charge on any atom is -0.480 e. The van der Waals surface area contributed by atoms with Crippen LogP contribution in [0.2, 0.25) is 0 Å². The van der Waals surface area contributed by atoms with Gasteiger partial charge in [0.15, 0.2) is 0 Å². The minimum absolute atomic E-state index is 0.0574. The van der Waals surface area contributed by atoms with Gasteiger partial charge in [-0.15, -0.1) is 11.3 Å². The molecule has 2 aromatic heterocycles. The van der Waals surface area contributed by atoms with Crippen molar-refractivity contribution in [2.75, 3.05) is 37.0 Å². The van der Waals surface area contributed by atoms with Crippen LogP contribution in [0.1, 0.15) is 106 Å². The number of aryl methyl sites for hydroxylation is 1. The first kappa shape index (κ1) is 44.1. The number of amides is 6. The Balaban J connectivity index is 0.854. The van der Waals surface area contributed by atoms with Crippen molar-refractivity contribution < 1.29 is 38.7 Å². The molecule has 0 saturated carbocycles. The molecule has 2 aromatic carbocycles. The number of benzene rings is 2. The number of carbonyl (C=O) groups is 7. The smallest absolute Gasteiger partial charge is 0.326 e. The Morgan fingerprint density at radius 1 is 0.951 bits per heavy atom. The SMILES string of the molecule is Cc1nc(=O)c2cc(CN(C)c3ccc(C(=O)N[C@@H](CCC(=O)NCCCCCCCCN(C)c4cccc5c4C(=O)N(C4CCC(=O)NC4=O)C5=O)C(=O)O)s3)ccc2[nH]1. The summed E-state index contributed by atoms with van der Waals surface area (Å²) in [5.74, 6) is -3.67. The van der Waals surface area contributed by atoms with E-state index < -0.39 is 47.6 Å². The summed E-state index contributed by atoms with van der Waals surface area (Å²) >= 11 is 1.20. The van der Waals surface area contributed by atoms with Crippen LogP contribution in [-0.4, -0.2) is 101 Å². The number of rotatable bonds is 20. The predicted octanol–water partition coefficient (Wildman–Crippen LogP) is 3.89. The van der Waals surface area contributed by atoms with Crippen molar-refractivity contribution in [1.82, 2.24) is 30.8 Å². The van der Waals surface area contributed by atoms with Crippen LogP contribution >= 0.6 is 11.3 Å². The van der Waals surface area contributed by atoms with Crippen LogP contribution in [-0.2, 0) is 25.7 Å². The number of carboxylic acid groups (broad SMARTS) is 1. The number of aromatic nitrogens is 2. The molecule has 17 nitrogen and oxygen atoms in total. The number of hydrogen-bond donors (Lipinski definition) is 5. The number of thiophene rings is 1. The van der Waals surface area contributed by atoms with Crippen molar-refractivity contribution in [1.29, 1.82) is 0 Å². The molecule has 2 atom stereocenters. The average molecular weight is 855 g/mol. The van der Waals surface area contributed by atoms with Crippen molar-refractivity contribution >= 4 is 74.3 Å². The first-order valence-corrected chi connectivity index (χ1v) is 21.2. The van der Waals surface area contributed by atoms with Gasteiger partial charge in [0.1, 0.15) is 17.9 Å². The quantitative estimate of drug-likeness (QED) is 0.0630. The summed E-state index contributed by atoms with van der Waals surface area (Å²) in [4.78, 5) is 113. The molecule has 6 rings (SSSR count). The monoisotopic (exact) mass is 854 g/mol. The Hall–Kier alpha value is -6.43. The second-order valence-corrected chi connectivity index (χ2v) is 16.5. The van der Waals surface area contributed by atoms with Crippen molar-refractivity contribution in [3.8, 4) is 0 Å². The highest BCUT2D eigenvalue weighted by Crippen LogP contribution is 2.34. The molecule has 18 heteroatoms. The third kappa shape index (κ3) is 10.7. The summed E-state index contributed by atoms with van der Waals surface area (Å²) in [6.45, 7) is 3.28. The molecule has 0 spiro atoms. The molecule has 0 aliphatic carbocycles. The lowest BCUT2D eigenvalue weighted by atomic mass is 10.0. The first-order valence-electron chi connectivity index (χ1n) is 20.4. The number of fused-ring (bicyclic) bond motifs is 2. The van der Waals surface area contributed by atoms with Crippen LogP contribution in [0.3, 0.4) is 0 Å². The van der Waals surface area contributed by atoms with E-state index in [1.54, 1.807) is 43.3 Å². The van der Waals surface area contributed by atoms with Gasteiger partial charge in [0, 0.05) is 46.6 Å². The summed E-state index contributed by atoms with van der Waals surface area (Å²) in [5.41, 5.74) is 2.40. The fraction of sp³-hybridized carbons (Fsp3) is 0.419. The van der Waals surface area contributed by atoms with Gasteiger partial charge in [0.2, 0.25) is 17.7 Å². The molecule has 6 amide bonds. The molecular weight excluding hydrogens is 805 g/mol. The predicted molar refractivity (Wildman–Crippen MR) is 229 cm³/mol. The lowest BCUT2D eigenvalue weighted by molar-refractivity contribution is -0.140. The molecule has 1 fully saturated rings. The van der Waals surface area contributed by atoms with E-state index in [9.17, 15) is 43.5 Å². The van der Waals surface area contributed by atoms with E-state index in [0.717, 1.165) is 54.0 Å². The van der Waals surface area contributed by atoms with Gasteiger partial charge in [-0.2, -0.15) is 4.98 Å². The highest BCUT2D eigenvalue weighted by molar-refractivity contribution is 7.18. The number of hydrogen-bond acceptors (Lipinski definition) is 12. The van der Waals surface area contributed by atoms with Crippen LogP contribution in [0.15, 0.2) is 53.3 Å². The lowest BCUT2D eigenvalue weighted by Crippen LogP contribution is -2.54. The summed E-state index contributed by atoms with van der Waals surface area (Å²) in [6, 6.07) is 11.7. The van der Waals surface area contributed by atoms with Crippen molar-refractivity contribution in [3.63, 3.8) is 0 Å². The van der Waals surface area contributed by atoms with Gasteiger partial charge in [0.05, 0.1) is 37.6 Å². The van der Waals surface area contributed by atoms with E-state index in [1.807, 2.05) is 36.0 Å². The number of aliphatic carboxylic acids is 1. The van der Waals surface area contributed by atoms with Crippen LogP contribution in [0, 0.1) is 6.92 Å². The zero-order valence-electron chi connectivity index (χ0n) is 34.4. The zero-order chi connectivity index (χ0) is 43.8. The van der Waals surface area contributed by atoms with E-state index in [0.29, 0.717) is 46.9 Å². The third-order valence-electron chi connectivity index (χ3n) is 10.9. The molecule has 4 heterocycles. The normalized spacial score (nSPS) is 15.4. The molecule has 322 valence electrons. The number of anilines is 2. The number of imide groups is 2. The van der Waals surface area contributed by atoms with Crippen LogP contribution in [0.5, 0.6) is 0 Å². The van der Waals surface area contributed by atoms with Crippen molar-refractivity contribution in [2.45, 2.75) is 89.8 Å². The molecule has 2 aliphatic rings. The van der Waals surface area contributed by atoms with Crippen LogP contribution in [0.25, 0.3) is 10.9 Å². The van der Waals surface area contributed by atoms with Crippen LogP contribution in [0.4, 0.5) is 10.7 Å². The minimum atomic E-state index is -1.24. The molecule has 61 heavy (non-hydrogen) atoms. The molecule has 0 radical (unpaired) electrons. The summed E-state index contributed by atoms with van der Waals surface area (Å²) in [5, 5.41) is 18.6. The molecule has 2 aliphatic heterocycles. The molecule has 0 bridgehead atoms. The van der Waals surface area contributed by atoms with Crippen molar-refractivity contribution in [3.05, 3.63) is 86.3 Å². The maximum Gasteiger partial charge on any atom is 0.326 e. The molecule has 1 unspecified atom stereocenters. The Morgan fingerprint density at radius 2 is 1.70 bits per heavy atom. The second kappa shape index (κ2) is 19.8. The number of carbonyl (C=O) groups excluding carboxylic acids is 6.